The summed E-state index contributed by atoms with van der Waals surface area (Å²) in [6, 6.07) is 13.5. The summed E-state index contributed by atoms with van der Waals surface area (Å²) >= 11 is 2.28. The molecule has 1 atom stereocenters. The van der Waals surface area contributed by atoms with Gasteiger partial charge in [-0.15, -0.1) is 10.2 Å². The van der Waals surface area contributed by atoms with Crippen LogP contribution in [0.25, 0.3) is 5.69 Å². The van der Waals surface area contributed by atoms with Crippen molar-refractivity contribution in [1.82, 2.24) is 14.8 Å². The molecule has 8 heteroatoms. The average molecular weight is 544 g/mol. The number of esters is 1. The largest absolute Gasteiger partial charge is 0.497 e. The second-order valence-corrected chi connectivity index (χ2v) is 9.86. The summed E-state index contributed by atoms with van der Waals surface area (Å²) in [5, 5.41) is 8.68. The maximum Gasteiger partial charge on any atom is 0.308 e. The van der Waals surface area contributed by atoms with Crippen LogP contribution in [0.3, 0.4) is 0 Å². The Labute approximate surface area is 201 Å². The third kappa shape index (κ3) is 4.55. The molecular formula is C24H25IN4O3. The zero-order valence-corrected chi connectivity index (χ0v) is 20.9. The highest BCUT2D eigenvalue weighted by Gasteiger charge is 2.31. The molecule has 1 aromatic heterocycles. The van der Waals surface area contributed by atoms with Gasteiger partial charge < -0.3 is 9.47 Å². The standard InChI is InChI=1S/C24H25IN4O3/c1-14-27-28-23-19(13-21(30)32-24(2,3)4)26-22(15-6-8-16(25)9-7-15)18-12-17(31-5)10-11-20(18)29(14)23/h6-12,19H,13H2,1-5H3/t19-/m0/s1. The molecule has 0 radical (unpaired) electrons. The van der Waals surface area contributed by atoms with Crippen LogP contribution in [0.4, 0.5) is 0 Å². The van der Waals surface area contributed by atoms with Gasteiger partial charge in [0.1, 0.15) is 23.2 Å². The molecule has 166 valence electrons. The zero-order valence-electron chi connectivity index (χ0n) is 18.7. The van der Waals surface area contributed by atoms with Crippen LogP contribution in [0.15, 0.2) is 47.5 Å². The normalized spacial score (nSPS) is 15.3. The van der Waals surface area contributed by atoms with Gasteiger partial charge in [-0.25, -0.2) is 0 Å². The second kappa shape index (κ2) is 8.65. The number of ether oxygens (including phenoxy) is 2. The summed E-state index contributed by atoms with van der Waals surface area (Å²) < 4.78 is 14.2. The molecule has 1 aliphatic rings. The number of fused-ring (bicyclic) bond motifs is 3. The highest BCUT2D eigenvalue weighted by molar-refractivity contribution is 14.1. The fourth-order valence-corrected chi connectivity index (χ4v) is 4.08. The van der Waals surface area contributed by atoms with Crippen LogP contribution in [-0.2, 0) is 9.53 Å². The van der Waals surface area contributed by atoms with Crippen molar-refractivity contribution in [3.8, 4) is 11.4 Å². The van der Waals surface area contributed by atoms with E-state index in [0.29, 0.717) is 5.82 Å². The van der Waals surface area contributed by atoms with E-state index in [4.69, 9.17) is 14.5 Å². The smallest absolute Gasteiger partial charge is 0.308 e. The van der Waals surface area contributed by atoms with E-state index in [1.54, 1.807) is 7.11 Å². The van der Waals surface area contributed by atoms with E-state index in [1.165, 1.54) is 0 Å². The summed E-state index contributed by atoms with van der Waals surface area (Å²) in [6.07, 6.45) is 0.0639. The third-order valence-corrected chi connectivity index (χ3v) is 5.75. The summed E-state index contributed by atoms with van der Waals surface area (Å²) in [6.45, 7) is 7.46. The highest BCUT2D eigenvalue weighted by Crippen LogP contribution is 2.34. The number of halogens is 1. The van der Waals surface area contributed by atoms with E-state index in [-0.39, 0.29) is 12.4 Å². The van der Waals surface area contributed by atoms with Crippen LogP contribution < -0.4 is 4.74 Å². The van der Waals surface area contributed by atoms with Crippen molar-refractivity contribution in [3.63, 3.8) is 0 Å². The number of aryl methyl sites for hydroxylation is 1. The fourth-order valence-electron chi connectivity index (χ4n) is 3.72. The molecule has 0 spiro atoms. The summed E-state index contributed by atoms with van der Waals surface area (Å²) in [7, 11) is 1.64. The number of carbonyl (C=O) groups excluding carboxylic acids is 1. The maximum atomic E-state index is 12.7. The van der Waals surface area contributed by atoms with Crippen molar-refractivity contribution >= 4 is 34.3 Å². The highest BCUT2D eigenvalue weighted by atomic mass is 127. The van der Waals surface area contributed by atoms with Crippen molar-refractivity contribution in [1.29, 1.82) is 0 Å². The lowest BCUT2D eigenvalue weighted by Crippen LogP contribution is -2.25. The number of rotatable bonds is 4. The van der Waals surface area contributed by atoms with E-state index in [2.05, 4.69) is 32.8 Å². The molecule has 32 heavy (non-hydrogen) atoms. The number of benzene rings is 2. The number of carbonyl (C=O) groups is 1. The summed E-state index contributed by atoms with van der Waals surface area (Å²) in [5.41, 5.74) is 2.93. The van der Waals surface area contributed by atoms with Crippen LogP contribution in [0.5, 0.6) is 5.75 Å². The van der Waals surface area contributed by atoms with Gasteiger partial charge in [-0.3, -0.25) is 14.4 Å². The monoisotopic (exact) mass is 544 g/mol. The van der Waals surface area contributed by atoms with E-state index >= 15 is 0 Å². The van der Waals surface area contributed by atoms with Gasteiger partial charge >= 0.3 is 5.97 Å². The molecule has 0 unspecified atom stereocenters. The second-order valence-electron chi connectivity index (χ2n) is 8.61. The van der Waals surface area contributed by atoms with Crippen molar-refractivity contribution in [2.45, 2.75) is 45.8 Å². The fraction of sp³-hybridized carbons (Fsp3) is 0.333. The quantitative estimate of drug-likeness (QED) is 0.348. The predicted molar refractivity (Wildman–Crippen MR) is 131 cm³/mol. The minimum absolute atomic E-state index is 0.0639. The Kier molecular flexibility index (Phi) is 6.07. The average Bonchev–Trinajstić information content (AvgIpc) is 3.05. The van der Waals surface area contributed by atoms with Crippen molar-refractivity contribution in [2.75, 3.05) is 7.11 Å². The minimum Gasteiger partial charge on any atom is -0.497 e. The molecule has 7 nitrogen and oxygen atoms in total. The summed E-state index contributed by atoms with van der Waals surface area (Å²) in [4.78, 5) is 17.8. The van der Waals surface area contributed by atoms with Gasteiger partial charge in [-0.1, -0.05) is 12.1 Å². The van der Waals surface area contributed by atoms with Crippen LogP contribution in [0.1, 0.15) is 56.0 Å². The molecule has 0 saturated carbocycles. The van der Waals surface area contributed by atoms with E-state index < -0.39 is 11.6 Å². The lowest BCUT2D eigenvalue weighted by atomic mass is 10.00. The maximum absolute atomic E-state index is 12.7. The Hall–Kier alpha value is -2.75. The number of nitrogens with zero attached hydrogens (tertiary/aromatic N) is 4. The first-order valence-electron chi connectivity index (χ1n) is 10.3. The molecule has 0 fully saturated rings. The van der Waals surface area contributed by atoms with Gasteiger partial charge in [0.25, 0.3) is 0 Å². The van der Waals surface area contributed by atoms with E-state index in [1.807, 2.05) is 74.7 Å². The number of aliphatic imine (C=N–C) groups is 1. The first kappa shape index (κ1) is 22.4. The van der Waals surface area contributed by atoms with Gasteiger partial charge in [0.05, 0.1) is 24.9 Å². The van der Waals surface area contributed by atoms with Crippen LogP contribution in [0, 0.1) is 10.5 Å². The van der Waals surface area contributed by atoms with E-state index in [0.717, 1.165) is 37.7 Å². The molecule has 0 bridgehead atoms. The Morgan fingerprint density at radius 1 is 1.12 bits per heavy atom. The van der Waals surface area contributed by atoms with Crippen molar-refractivity contribution in [3.05, 3.63) is 68.8 Å². The van der Waals surface area contributed by atoms with Gasteiger partial charge in [0, 0.05) is 14.7 Å². The van der Waals surface area contributed by atoms with Gasteiger partial charge in [-0.2, -0.15) is 0 Å². The van der Waals surface area contributed by atoms with Gasteiger partial charge in [0.15, 0.2) is 5.82 Å². The molecule has 2 aromatic carbocycles. The molecule has 0 amide bonds. The number of hydrogen-bond acceptors (Lipinski definition) is 6. The first-order valence-corrected chi connectivity index (χ1v) is 11.4. The molecule has 0 saturated heterocycles. The predicted octanol–water partition coefficient (Wildman–Crippen LogP) is 4.81. The number of hydrogen-bond donors (Lipinski definition) is 0. The Bertz CT molecular complexity index is 1190. The van der Waals surface area contributed by atoms with Gasteiger partial charge in [0.2, 0.25) is 0 Å². The molecule has 3 aromatic rings. The SMILES string of the molecule is COc1ccc2c(c1)C(c1ccc(I)cc1)=N[C@@H](CC(=O)OC(C)(C)C)c1nnc(C)n1-2. The number of aromatic nitrogens is 3. The van der Waals surface area contributed by atoms with Gasteiger partial charge in [-0.05, 0) is 80.6 Å². The third-order valence-electron chi connectivity index (χ3n) is 5.03. The van der Waals surface area contributed by atoms with E-state index in [9.17, 15) is 4.79 Å². The Balaban J connectivity index is 1.91. The zero-order chi connectivity index (χ0) is 23.0. The van der Waals surface area contributed by atoms with Crippen LogP contribution >= 0.6 is 22.6 Å². The first-order chi connectivity index (χ1) is 15.2. The lowest BCUT2D eigenvalue weighted by molar-refractivity contribution is -0.155. The molecule has 1 aliphatic heterocycles. The molecule has 2 heterocycles. The Morgan fingerprint density at radius 2 is 1.84 bits per heavy atom. The molecule has 4 rings (SSSR count). The van der Waals surface area contributed by atoms with Crippen molar-refractivity contribution in [2.24, 2.45) is 4.99 Å². The summed E-state index contributed by atoms with van der Waals surface area (Å²) in [5.74, 6) is 1.73. The Morgan fingerprint density at radius 3 is 2.50 bits per heavy atom. The van der Waals surface area contributed by atoms with Crippen LogP contribution in [-0.4, -0.2) is 39.2 Å². The van der Waals surface area contributed by atoms with Crippen LogP contribution in [0.2, 0.25) is 0 Å². The topological polar surface area (TPSA) is 78.6 Å². The molecule has 0 N–H and O–H groups in total. The molecule has 0 aliphatic carbocycles. The molecular weight excluding hydrogens is 519 g/mol. The lowest BCUT2D eigenvalue weighted by Gasteiger charge is -2.20. The minimum atomic E-state index is -0.579. The van der Waals surface area contributed by atoms with Crippen molar-refractivity contribution < 1.29 is 14.3 Å². The number of methoxy groups -OCH3 is 1.